The van der Waals surface area contributed by atoms with Gasteiger partial charge in [0.25, 0.3) is 11.8 Å². The SMILES string of the molecule is O=C(NC(=O)c1ccccc1)C1=CCCCC1. The first-order chi connectivity index (χ1) is 8.27. The Morgan fingerprint density at radius 3 is 2.41 bits per heavy atom. The lowest BCUT2D eigenvalue weighted by Crippen LogP contribution is -2.32. The third kappa shape index (κ3) is 3.03. The summed E-state index contributed by atoms with van der Waals surface area (Å²) >= 11 is 0. The summed E-state index contributed by atoms with van der Waals surface area (Å²) in [5, 5.41) is 2.42. The molecule has 0 spiro atoms. The van der Waals surface area contributed by atoms with Gasteiger partial charge in [-0.1, -0.05) is 24.3 Å². The molecular weight excluding hydrogens is 214 g/mol. The third-order valence-electron chi connectivity index (χ3n) is 2.85. The van der Waals surface area contributed by atoms with E-state index in [1.54, 1.807) is 24.3 Å². The fourth-order valence-electron chi connectivity index (χ4n) is 1.89. The summed E-state index contributed by atoms with van der Waals surface area (Å²) in [6, 6.07) is 8.77. The van der Waals surface area contributed by atoms with Crippen molar-refractivity contribution in [2.45, 2.75) is 25.7 Å². The Kier molecular flexibility index (Phi) is 3.70. The van der Waals surface area contributed by atoms with Crippen molar-refractivity contribution in [3.63, 3.8) is 0 Å². The van der Waals surface area contributed by atoms with Gasteiger partial charge in [0.2, 0.25) is 0 Å². The first-order valence-electron chi connectivity index (χ1n) is 5.87. The lowest BCUT2D eigenvalue weighted by Gasteiger charge is -2.11. The average molecular weight is 229 g/mol. The highest BCUT2D eigenvalue weighted by molar-refractivity contribution is 6.10. The number of carbonyl (C=O) groups is 2. The molecule has 88 valence electrons. The normalized spacial score (nSPS) is 14.9. The van der Waals surface area contributed by atoms with E-state index in [0.717, 1.165) is 31.3 Å². The smallest absolute Gasteiger partial charge is 0.258 e. The van der Waals surface area contributed by atoms with Gasteiger partial charge in [0.05, 0.1) is 0 Å². The molecule has 0 radical (unpaired) electrons. The molecule has 0 fully saturated rings. The lowest BCUT2D eigenvalue weighted by atomic mass is 9.99. The van der Waals surface area contributed by atoms with Crippen LogP contribution in [0.25, 0.3) is 0 Å². The Bertz CT molecular complexity index is 449. The van der Waals surface area contributed by atoms with Gasteiger partial charge in [-0.15, -0.1) is 0 Å². The van der Waals surface area contributed by atoms with E-state index in [1.165, 1.54) is 0 Å². The number of benzene rings is 1. The van der Waals surface area contributed by atoms with E-state index in [9.17, 15) is 9.59 Å². The molecule has 0 saturated heterocycles. The molecule has 0 atom stereocenters. The highest BCUT2D eigenvalue weighted by Crippen LogP contribution is 2.17. The van der Waals surface area contributed by atoms with Gasteiger partial charge in [0.15, 0.2) is 0 Å². The van der Waals surface area contributed by atoms with Gasteiger partial charge in [-0.2, -0.15) is 0 Å². The van der Waals surface area contributed by atoms with Gasteiger partial charge in [-0.3, -0.25) is 14.9 Å². The van der Waals surface area contributed by atoms with Crippen LogP contribution in [0.15, 0.2) is 42.0 Å². The lowest BCUT2D eigenvalue weighted by molar-refractivity contribution is -0.116. The molecule has 2 rings (SSSR count). The first-order valence-corrected chi connectivity index (χ1v) is 5.87. The van der Waals surface area contributed by atoms with E-state index in [4.69, 9.17) is 0 Å². The monoisotopic (exact) mass is 229 g/mol. The van der Waals surface area contributed by atoms with E-state index < -0.39 is 0 Å². The van der Waals surface area contributed by atoms with Gasteiger partial charge in [0, 0.05) is 11.1 Å². The maximum absolute atomic E-state index is 11.8. The van der Waals surface area contributed by atoms with Crippen LogP contribution in [0.3, 0.4) is 0 Å². The van der Waals surface area contributed by atoms with Crippen molar-refractivity contribution in [1.29, 1.82) is 0 Å². The zero-order valence-corrected chi connectivity index (χ0v) is 9.61. The van der Waals surface area contributed by atoms with Crippen LogP contribution in [0.2, 0.25) is 0 Å². The van der Waals surface area contributed by atoms with E-state index in [0.29, 0.717) is 5.56 Å². The first kappa shape index (κ1) is 11.6. The maximum atomic E-state index is 11.8. The second-order valence-corrected chi connectivity index (χ2v) is 4.12. The predicted octanol–water partition coefficient (Wildman–Crippen LogP) is 2.44. The van der Waals surface area contributed by atoms with Crippen molar-refractivity contribution < 1.29 is 9.59 Å². The average Bonchev–Trinajstić information content (AvgIpc) is 2.40. The largest absolute Gasteiger partial charge is 0.288 e. The van der Waals surface area contributed by atoms with Crippen LogP contribution in [0, 0.1) is 0 Å². The van der Waals surface area contributed by atoms with Crippen molar-refractivity contribution in [3.05, 3.63) is 47.5 Å². The fourth-order valence-corrected chi connectivity index (χ4v) is 1.89. The fraction of sp³-hybridized carbons (Fsp3) is 0.286. The molecule has 0 saturated carbocycles. The summed E-state index contributed by atoms with van der Waals surface area (Å²) in [6.45, 7) is 0. The summed E-state index contributed by atoms with van der Waals surface area (Å²) < 4.78 is 0. The standard InChI is InChI=1S/C14H15NO2/c16-13(11-7-3-1-4-8-11)15-14(17)12-9-5-2-6-10-12/h1,3-4,7-9H,2,5-6,10H2,(H,15,16,17). The maximum Gasteiger partial charge on any atom is 0.258 e. The molecular formula is C14H15NO2. The van der Waals surface area contributed by atoms with Crippen molar-refractivity contribution in [1.82, 2.24) is 5.32 Å². The van der Waals surface area contributed by atoms with Crippen molar-refractivity contribution in [3.8, 4) is 0 Å². The Labute approximate surface area is 101 Å². The van der Waals surface area contributed by atoms with Gasteiger partial charge in [0.1, 0.15) is 0 Å². The van der Waals surface area contributed by atoms with Crippen LogP contribution in [-0.4, -0.2) is 11.8 Å². The number of hydrogen-bond donors (Lipinski definition) is 1. The quantitative estimate of drug-likeness (QED) is 0.792. The highest BCUT2D eigenvalue weighted by Gasteiger charge is 2.15. The van der Waals surface area contributed by atoms with E-state index in [-0.39, 0.29) is 11.8 Å². The van der Waals surface area contributed by atoms with Gasteiger partial charge in [-0.25, -0.2) is 0 Å². The van der Waals surface area contributed by atoms with E-state index in [1.807, 2.05) is 12.1 Å². The Morgan fingerprint density at radius 1 is 1.00 bits per heavy atom. The van der Waals surface area contributed by atoms with E-state index >= 15 is 0 Å². The zero-order chi connectivity index (χ0) is 12.1. The minimum absolute atomic E-state index is 0.251. The minimum atomic E-state index is -0.331. The molecule has 2 amide bonds. The van der Waals surface area contributed by atoms with Gasteiger partial charge >= 0.3 is 0 Å². The zero-order valence-electron chi connectivity index (χ0n) is 9.61. The summed E-state index contributed by atoms with van der Waals surface area (Å²) in [5.74, 6) is -0.583. The molecule has 1 aliphatic carbocycles. The molecule has 1 aliphatic rings. The van der Waals surface area contributed by atoms with Gasteiger partial charge in [-0.05, 0) is 37.8 Å². The number of rotatable bonds is 2. The van der Waals surface area contributed by atoms with Crippen LogP contribution in [0.5, 0.6) is 0 Å². The Balaban J connectivity index is 1.99. The molecule has 1 N–H and O–H groups in total. The Hall–Kier alpha value is -1.90. The van der Waals surface area contributed by atoms with Crippen molar-refractivity contribution in [2.75, 3.05) is 0 Å². The Morgan fingerprint density at radius 2 is 1.76 bits per heavy atom. The number of hydrogen-bond acceptors (Lipinski definition) is 2. The number of imide groups is 1. The number of carbonyl (C=O) groups excluding carboxylic acids is 2. The highest BCUT2D eigenvalue weighted by atomic mass is 16.2. The number of amides is 2. The van der Waals surface area contributed by atoms with Crippen LogP contribution in [-0.2, 0) is 4.79 Å². The molecule has 17 heavy (non-hydrogen) atoms. The van der Waals surface area contributed by atoms with Crippen molar-refractivity contribution >= 4 is 11.8 Å². The van der Waals surface area contributed by atoms with Crippen LogP contribution >= 0.6 is 0 Å². The van der Waals surface area contributed by atoms with Crippen LogP contribution in [0.1, 0.15) is 36.0 Å². The molecule has 1 aromatic carbocycles. The third-order valence-corrected chi connectivity index (χ3v) is 2.85. The molecule has 0 bridgehead atoms. The number of allylic oxidation sites excluding steroid dienone is 1. The van der Waals surface area contributed by atoms with Crippen LogP contribution in [0.4, 0.5) is 0 Å². The summed E-state index contributed by atoms with van der Waals surface area (Å²) in [7, 11) is 0. The predicted molar refractivity (Wildman–Crippen MR) is 65.5 cm³/mol. The molecule has 3 heteroatoms. The second kappa shape index (κ2) is 5.43. The van der Waals surface area contributed by atoms with Crippen molar-refractivity contribution in [2.24, 2.45) is 0 Å². The topological polar surface area (TPSA) is 46.2 Å². The molecule has 0 unspecified atom stereocenters. The molecule has 0 aromatic heterocycles. The summed E-state index contributed by atoms with van der Waals surface area (Å²) in [5.41, 5.74) is 1.25. The summed E-state index contributed by atoms with van der Waals surface area (Å²) in [6.07, 6.45) is 5.79. The number of nitrogens with one attached hydrogen (secondary N) is 1. The summed E-state index contributed by atoms with van der Waals surface area (Å²) in [4.78, 5) is 23.5. The molecule has 0 aliphatic heterocycles. The van der Waals surface area contributed by atoms with Gasteiger partial charge < -0.3 is 0 Å². The minimum Gasteiger partial charge on any atom is -0.288 e. The molecule has 1 aromatic rings. The molecule has 3 nitrogen and oxygen atoms in total. The van der Waals surface area contributed by atoms with Crippen LogP contribution < -0.4 is 5.32 Å². The molecule has 0 heterocycles. The van der Waals surface area contributed by atoms with E-state index in [2.05, 4.69) is 5.32 Å². The second-order valence-electron chi connectivity index (χ2n) is 4.12.